The minimum Gasteiger partial charge on any atom is -0.454 e. The Morgan fingerprint density at radius 1 is 1.08 bits per heavy atom. The number of nitrogens with one attached hydrogen (secondary N) is 1. The molecule has 1 N–H and O–H groups in total. The highest BCUT2D eigenvalue weighted by Crippen LogP contribution is 2.32. The van der Waals surface area contributed by atoms with E-state index in [1.807, 2.05) is 50.2 Å². The summed E-state index contributed by atoms with van der Waals surface area (Å²) in [5.74, 6) is 0.958. The van der Waals surface area contributed by atoms with Gasteiger partial charge in [-0.05, 0) is 42.7 Å². The predicted molar refractivity (Wildman–Crippen MR) is 98.2 cm³/mol. The molecule has 0 atom stereocenters. The third kappa shape index (κ3) is 3.96. The number of nitrogens with zero attached hydrogens (tertiary/aromatic N) is 1. The SMILES string of the molecule is CC(=O)N(CC(=O)Nc1c(C)cccc1C)Cc1ccc2c(c1)OCO2. The van der Waals surface area contributed by atoms with Gasteiger partial charge in [-0.3, -0.25) is 9.59 Å². The number of rotatable bonds is 5. The Balaban J connectivity index is 1.68. The number of amides is 2. The maximum atomic E-state index is 12.5. The average molecular weight is 354 g/mol. The molecule has 1 aliphatic rings. The molecule has 3 rings (SSSR count). The van der Waals surface area contributed by atoms with Gasteiger partial charge in [-0.15, -0.1) is 0 Å². The molecule has 0 saturated heterocycles. The zero-order valence-electron chi connectivity index (χ0n) is 15.2. The number of ether oxygens (including phenoxy) is 2. The highest BCUT2D eigenvalue weighted by molar-refractivity contribution is 5.95. The molecule has 136 valence electrons. The highest BCUT2D eigenvalue weighted by Gasteiger charge is 2.18. The first-order chi connectivity index (χ1) is 12.4. The standard InChI is InChI=1S/C20H22N2O4/c1-13-5-4-6-14(2)20(13)21-19(24)11-22(15(3)23)10-16-7-8-17-18(9-16)26-12-25-17/h4-9H,10-12H2,1-3H3,(H,21,24). The van der Waals surface area contributed by atoms with Crippen LogP contribution in [0.1, 0.15) is 23.6 Å². The van der Waals surface area contributed by atoms with Gasteiger partial charge in [-0.1, -0.05) is 24.3 Å². The number of carbonyl (C=O) groups is 2. The van der Waals surface area contributed by atoms with Crippen LogP contribution < -0.4 is 14.8 Å². The summed E-state index contributed by atoms with van der Waals surface area (Å²) in [6, 6.07) is 11.3. The fourth-order valence-corrected chi connectivity index (χ4v) is 2.90. The lowest BCUT2D eigenvalue weighted by atomic mass is 10.1. The molecule has 0 aromatic heterocycles. The molecule has 6 heteroatoms. The number of hydrogen-bond acceptors (Lipinski definition) is 4. The largest absolute Gasteiger partial charge is 0.454 e. The second kappa shape index (κ2) is 7.47. The first kappa shape index (κ1) is 17.8. The van der Waals surface area contributed by atoms with Crippen molar-refractivity contribution in [3.05, 3.63) is 53.1 Å². The zero-order chi connectivity index (χ0) is 18.7. The van der Waals surface area contributed by atoms with Gasteiger partial charge >= 0.3 is 0 Å². The summed E-state index contributed by atoms with van der Waals surface area (Å²) < 4.78 is 10.7. The minimum atomic E-state index is -0.224. The molecule has 1 heterocycles. The molecular weight excluding hydrogens is 332 g/mol. The molecular formula is C20H22N2O4. The number of aryl methyl sites for hydroxylation is 2. The van der Waals surface area contributed by atoms with Gasteiger partial charge in [0.2, 0.25) is 18.6 Å². The number of carbonyl (C=O) groups excluding carboxylic acids is 2. The first-order valence-electron chi connectivity index (χ1n) is 8.44. The van der Waals surface area contributed by atoms with Crippen LogP contribution in [0.5, 0.6) is 11.5 Å². The molecule has 2 amide bonds. The van der Waals surface area contributed by atoms with Crippen molar-refractivity contribution in [3.8, 4) is 11.5 Å². The summed E-state index contributed by atoms with van der Waals surface area (Å²) in [4.78, 5) is 26.0. The van der Waals surface area contributed by atoms with Gasteiger partial charge in [-0.2, -0.15) is 0 Å². The van der Waals surface area contributed by atoms with Crippen LogP contribution in [0.4, 0.5) is 5.69 Å². The van der Waals surface area contributed by atoms with Crippen LogP contribution in [0.25, 0.3) is 0 Å². The molecule has 0 saturated carbocycles. The predicted octanol–water partition coefficient (Wildman–Crippen LogP) is 3.02. The van der Waals surface area contributed by atoms with Crippen LogP contribution in [0, 0.1) is 13.8 Å². The molecule has 0 radical (unpaired) electrons. The van der Waals surface area contributed by atoms with Crippen LogP contribution in [-0.2, 0) is 16.1 Å². The van der Waals surface area contributed by atoms with Crippen molar-refractivity contribution >= 4 is 17.5 Å². The molecule has 0 aliphatic carbocycles. The Bertz CT molecular complexity index is 827. The van der Waals surface area contributed by atoms with Gasteiger partial charge in [0.1, 0.15) is 6.54 Å². The highest BCUT2D eigenvalue weighted by atomic mass is 16.7. The lowest BCUT2D eigenvalue weighted by Gasteiger charge is -2.21. The third-order valence-corrected chi connectivity index (χ3v) is 4.34. The van der Waals surface area contributed by atoms with E-state index in [4.69, 9.17) is 9.47 Å². The summed E-state index contributed by atoms with van der Waals surface area (Å²) in [6.07, 6.45) is 0. The first-order valence-corrected chi connectivity index (χ1v) is 8.44. The smallest absolute Gasteiger partial charge is 0.244 e. The van der Waals surface area contributed by atoms with Crippen molar-refractivity contribution in [1.29, 1.82) is 0 Å². The topological polar surface area (TPSA) is 67.9 Å². The maximum absolute atomic E-state index is 12.5. The fraction of sp³-hybridized carbons (Fsp3) is 0.300. The Hall–Kier alpha value is -3.02. The van der Waals surface area contributed by atoms with Crippen LogP contribution in [0.15, 0.2) is 36.4 Å². The van der Waals surface area contributed by atoms with Crippen molar-refractivity contribution in [2.75, 3.05) is 18.7 Å². The van der Waals surface area contributed by atoms with Crippen LogP contribution in [0.2, 0.25) is 0 Å². The van der Waals surface area contributed by atoms with Crippen LogP contribution >= 0.6 is 0 Å². The Morgan fingerprint density at radius 2 is 1.77 bits per heavy atom. The second-order valence-corrected chi connectivity index (χ2v) is 6.38. The van der Waals surface area contributed by atoms with E-state index in [0.29, 0.717) is 18.0 Å². The van der Waals surface area contributed by atoms with E-state index < -0.39 is 0 Å². The second-order valence-electron chi connectivity index (χ2n) is 6.38. The number of benzene rings is 2. The number of para-hydroxylation sites is 1. The summed E-state index contributed by atoms with van der Waals surface area (Å²) in [5, 5.41) is 2.91. The van der Waals surface area contributed by atoms with Crippen molar-refractivity contribution in [2.24, 2.45) is 0 Å². The summed E-state index contributed by atoms with van der Waals surface area (Å²) in [6.45, 7) is 5.85. The average Bonchev–Trinajstić information content (AvgIpc) is 3.05. The third-order valence-electron chi connectivity index (χ3n) is 4.34. The van der Waals surface area contributed by atoms with E-state index in [-0.39, 0.29) is 25.2 Å². The van der Waals surface area contributed by atoms with E-state index in [9.17, 15) is 9.59 Å². The summed E-state index contributed by atoms with van der Waals surface area (Å²) >= 11 is 0. The van der Waals surface area contributed by atoms with Crippen molar-refractivity contribution in [1.82, 2.24) is 4.90 Å². The van der Waals surface area contributed by atoms with Crippen molar-refractivity contribution in [2.45, 2.75) is 27.3 Å². The van der Waals surface area contributed by atoms with Gasteiger partial charge in [0.25, 0.3) is 0 Å². The number of anilines is 1. The Labute approximate surface area is 152 Å². The normalized spacial score (nSPS) is 12.0. The van der Waals surface area contributed by atoms with E-state index >= 15 is 0 Å². The zero-order valence-corrected chi connectivity index (χ0v) is 15.2. The minimum absolute atomic E-state index is 0.0163. The molecule has 2 aromatic carbocycles. The maximum Gasteiger partial charge on any atom is 0.244 e. The van der Waals surface area contributed by atoms with Crippen molar-refractivity contribution in [3.63, 3.8) is 0 Å². The molecule has 2 aromatic rings. The van der Waals surface area contributed by atoms with E-state index in [2.05, 4.69) is 5.32 Å². The molecule has 1 aliphatic heterocycles. The monoisotopic (exact) mass is 354 g/mol. The quantitative estimate of drug-likeness (QED) is 0.896. The summed E-state index contributed by atoms with van der Waals surface area (Å²) in [7, 11) is 0. The van der Waals surface area contributed by atoms with E-state index in [1.54, 1.807) is 0 Å². The lowest BCUT2D eigenvalue weighted by Crippen LogP contribution is -2.36. The molecule has 0 unspecified atom stereocenters. The number of hydrogen-bond donors (Lipinski definition) is 1. The summed E-state index contributed by atoms with van der Waals surface area (Å²) in [5.41, 5.74) is 3.65. The molecule has 0 bridgehead atoms. The van der Waals surface area contributed by atoms with E-state index in [1.165, 1.54) is 11.8 Å². The Kier molecular flexibility index (Phi) is 5.11. The van der Waals surface area contributed by atoms with Gasteiger partial charge < -0.3 is 19.7 Å². The fourth-order valence-electron chi connectivity index (χ4n) is 2.90. The molecule has 0 fully saturated rings. The Morgan fingerprint density at radius 3 is 2.46 bits per heavy atom. The molecule has 6 nitrogen and oxygen atoms in total. The lowest BCUT2D eigenvalue weighted by molar-refractivity contribution is -0.133. The van der Waals surface area contributed by atoms with Crippen LogP contribution in [0.3, 0.4) is 0 Å². The van der Waals surface area contributed by atoms with Gasteiger partial charge in [0.15, 0.2) is 11.5 Å². The van der Waals surface area contributed by atoms with Crippen molar-refractivity contribution < 1.29 is 19.1 Å². The number of fused-ring (bicyclic) bond motifs is 1. The van der Waals surface area contributed by atoms with Gasteiger partial charge in [0.05, 0.1) is 0 Å². The van der Waals surface area contributed by atoms with Gasteiger partial charge in [-0.25, -0.2) is 0 Å². The molecule has 0 spiro atoms. The van der Waals surface area contributed by atoms with Gasteiger partial charge in [0, 0.05) is 19.2 Å². The van der Waals surface area contributed by atoms with Crippen LogP contribution in [-0.4, -0.2) is 30.1 Å². The van der Waals surface area contributed by atoms with E-state index in [0.717, 1.165) is 22.4 Å². The molecule has 26 heavy (non-hydrogen) atoms.